The van der Waals surface area contributed by atoms with Gasteiger partial charge >= 0.3 is 0 Å². The van der Waals surface area contributed by atoms with Gasteiger partial charge in [-0.05, 0) is 50.2 Å². The number of hydrogen-bond donors (Lipinski definition) is 1. The second kappa shape index (κ2) is 8.62. The van der Waals surface area contributed by atoms with Gasteiger partial charge in [-0.2, -0.15) is 0 Å². The molecule has 1 amide bonds. The summed E-state index contributed by atoms with van der Waals surface area (Å²) in [6.45, 7) is 9.79. The van der Waals surface area contributed by atoms with E-state index in [4.69, 9.17) is 9.47 Å². The van der Waals surface area contributed by atoms with E-state index in [1.807, 2.05) is 29.7 Å². The molecule has 1 aliphatic carbocycles. The van der Waals surface area contributed by atoms with Gasteiger partial charge in [-0.1, -0.05) is 20.8 Å². The molecule has 1 N–H and O–H groups in total. The molecule has 1 fully saturated rings. The van der Waals surface area contributed by atoms with Gasteiger partial charge < -0.3 is 19.2 Å². The zero-order valence-electron chi connectivity index (χ0n) is 17.7. The summed E-state index contributed by atoms with van der Waals surface area (Å²) < 4.78 is 13.2. The molecular formula is C22H33N3O3. The maximum absolute atomic E-state index is 12.9. The molecule has 0 radical (unpaired) electrons. The Hall–Kier alpha value is -1.92. The van der Waals surface area contributed by atoms with Crippen molar-refractivity contribution in [3.05, 3.63) is 35.3 Å². The standard InChI is InChI=1S/C22H33N3O3/c1-15-12-17(13-27-5)23-20-19(10-11-25(15)20)21(26)24-16-6-8-18(9-7-16)28-14-22(2,3)4/h10-12,16,18H,6-9,13-14H2,1-5H3,(H,24,26). The maximum atomic E-state index is 12.9. The average molecular weight is 388 g/mol. The topological polar surface area (TPSA) is 64.9 Å². The van der Waals surface area contributed by atoms with Gasteiger partial charge in [-0.3, -0.25) is 4.79 Å². The van der Waals surface area contributed by atoms with E-state index in [9.17, 15) is 4.79 Å². The van der Waals surface area contributed by atoms with E-state index in [-0.39, 0.29) is 17.4 Å². The molecule has 0 spiro atoms. The number of carbonyl (C=O) groups is 1. The summed E-state index contributed by atoms with van der Waals surface area (Å²) in [6, 6.07) is 4.02. The Kier molecular flexibility index (Phi) is 6.40. The van der Waals surface area contributed by atoms with Crippen molar-refractivity contribution in [3.8, 4) is 0 Å². The molecule has 154 valence electrons. The highest BCUT2D eigenvalue weighted by Crippen LogP contribution is 2.24. The van der Waals surface area contributed by atoms with Crippen LogP contribution in [0.25, 0.3) is 5.65 Å². The molecule has 0 bridgehead atoms. The van der Waals surface area contributed by atoms with E-state index in [2.05, 4.69) is 31.1 Å². The van der Waals surface area contributed by atoms with Crippen molar-refractivity contribution in [2.24, 2.45) is 5.41 Å². The minimum atomic E-state index is -0.0528. The Morgan fingerprint density at radius 2 is 2.00 bits per heavy atom. The van der Waals surface area contributed by atoms with Crippen LogP contribution in [0.2, 0.25) is 0 Å². The molecule has 6 nitrogen and oxygen atoms in total. The molecule has 3 rings (SSSR count). The van der Waals surface area contributed by atoms with Crippen LogP contribution in [0.1, 0.15) is 68.2 Å². The predicted octanol–water partition coefficient (Wildman–Crippen LogP) is 3.89. The van der Waals surface area contributed by atoms with Crippen molar-refractivity contribution >= 4 is 11.6 Å². The van der Waals surface area contributed by atoms with Crippen molar-refractivity contribution < 1.29 is 14.3 Å². The lowest BCUT2D eigenvalue weighted by atomic mass is 9.92. The Morgan fingerprint density at radius 3 is 2.64 bits per heavy atom. The zero-order valence-corrected chi connectivity index (χ0v) is 17.7. The van der Waals surface area contributed by atoms with E-state index in [0.29, 0.717) is 23.9 Å². The Labute approximate surface area is 167 Å². The largest absolute Gasteiger partial charge is 0.378 e. The number of fused-ring (bicyclic) bond motifs is 1. The Balaban J connectivity index is 1.61. The van der Waals surface area contributed by atoms with Crippen LogP contribution in [-0.2, 0) is 16.1 Å². The third-order valence-electron chi connectivity index (χ3n) is 5.16. The molecule has 28 heavy (non-hydrogen) atoms. The molecule has 1 saturated carbocycles. The number of rotatable bonds is 6. The molecule has 6 heteroatoms. The number of ether oxygens (including phenoxy) is 2. The molecule has 2 aromatic rings. The zero-order chi connectivity index (χ0) is 20.3. The number of methoxy groups -OCH3 is 1. The molecule has 0 aromatic carbocycles. The fourth-order valence-corrected chi connectivity index (χ4v) is 3.71. The first kappa shape index (κ1) is 20.8. The quantitative estimate of drug-likeness (QED) is 0.817. The van der Waals surface area contributed by atoms with Gasteiger partial charge in [0.05, 0.1) is 30.6 Å². The summed E-state index contributed by atoms with van der Waals surface area (Å²) in [7, 11) is 1.65. The molecule has 0 saturated heterocycles. The maximum Gasteiger partial charge on any atom is 0.255 e. The van der Waals surface area contributed by atoms with Crippen LogP contribution in [-0.4, -0.2) is 41.2 Å². The van der Waals surface area contributed by atoms with Gasteiger partial charge in [0, 0.05) is 25.0 Å². The monoisotopic (exact) mass is 387 g/mol. The summed E-state index contributed by atoms with van der Waals surface area (Å²) in [6.07, 6.45) is 6.10. The highest BCUT2D eigenvalue weighted by atomic mass is 16.5. The number of hydrogen-bond acceptors (Lipinski definition) is 4. The summed E-state index contributed by atoms with van der Waals surface area (Å²) in [5, 5.41) is 3.20. The Bertz CT molecular complexity index is 814. The van der Waals surface area contributed by atoms with Gasteiger partial charge in [0.2, 0.25) is 0 Å². The van der Waals surface area contributed by atoms with Crippen LogP contribution >= 0.6 is 0 Å². The van der Waals surface area contributed by atoms with Gasteiger partial charge in [0.15, 0.2) is 0 Å². The van der Waals surface area contributed by atoms with E-state index in [1.165, 1.54) is 0 Å². The minimum absolute atomic E-state index is 0.0528. The SMILES string of the molecule is COCc1cc(C)n2ccc(C(=O)NC3CCC(OCC(C)(C)C)CC3)c2n1. The van der Waals surface area contributed by atoms with Gasteiger partial charge in [-0.15, -0.1) is 0 Å². The van der Waals surface area contributed by atoms with Crippen molar-refractivity contribution in [3.63, 3.8) is 0 Å². The van der Waals surface area contributed by atoms with E-state index < -0.39 is 0 Å². The number of nitrogens with zero attached hydrogens (tertiary/aromatic N) is 2. The van der Waals surface area contributed by atoms with Gasteiger partial charge in [0.25, 0.3) is 5.91 Å². The third kappa shape index (κ3) is 5.11. The first-order chi connectivity index (χ1) is 13.3. The lowest BCUT2D eigenvalue weighted by Crippen LogP contribution is -2.39. The molecule has 1 aliphatic rings. The summed E-state index contributed by atoms with van der Waals surface area (Å²) in [5.41, 5.74) is 3.36. The predicted molar refractivity (Wildman–Crippen MR) is 110 cm³/mol. The normalized spacial score (nSPS) is 20.5. The van der Waals surface area contributed by atoms with Crippen LogP contribution in [0.15, 0.2) is 18.3 Å². The fourth-order valence-electron chi connectivity index (χ4n) is 3.71. The number of aromatic nitrogens is 2. The third-order valence-corrected chi connectivity index (χ3v) is 5.16. The Morgan fingerprint density at radius 1 is 1.29 bits per heavy atom. The molecule has 2 aromatic heterocycles. The molecular weight excluding hydrogens is 354 g/mol. The van der Waals surface area contributed by atoms with E-state index >= 15 is 0 Å². The molecule has 0 aliphatic heterocycles. The van der Waals surface area contributed by atoms with Crippen molar-refractivity contribution in [1.82, 2.24) is 14.7 Å². The van der Waals surface area contributed by atoms with E-state index in [1.54, 1.807) is 7.11 Å². The van der Waals surface area contributed by atoms with Crippen molar-refractivity contribution in [2.75, 3.05) is 13.7 Å². The molecule has 0 unspecified atom stereocenters. The van der Waals surface area contributed by atoms with Crippen molar-refractivity contribution in [1.29, 1.82) is 0 Å². The van der Waals surface area contributed by atoms with Crippen LogP contribution < -0.4 is 5.32 Å². The van der Waals surface area contributed by atoms with Crippen molar-refractivity contribution in [2.45, 2.75) is 72.1 Å². The number of nitrogens with one attached hydrogen (secondary N) is 1. The average Bonchev–Trinajstić information content (AvgIpc) is 3.05. The van der Waals surface area contributed by atoms with Crippen LogP contribution in [0.4, 0.5) is 0 Å². The summed E-state index contributed by atoms with van der Waals surface area (Å²) in [5.74, 6) is -0.0528. The molecule has 2 heterocycles. The molecule has 0 atom stereocenters. The first-order valence-electron chi connectivity index (χ1n) is 10.2. The first-order valence-corrected chi connectivity index (χ1v) is 10.2. The van der Waals surface area contributed by atoms with Crippen LogP contribution in [0.5, 0.6) is 0 Å². The van der Waals surface area contributed by atoms with Gasteiger partial charge in [-0.25, -0.2) is 4.98 Å². The highest BCUT2D eigenvalue weighted by Gasteiger charge is 2.25. The van der Waals surface area contributed by atoms with E-state index in [0.717, 1.165) is 43.7 Å². The van der Waals surface area contributed by atoms with Crippen LogP contribution in [0.3, 0.4) is 0 Å². The highest BCUT2D eigenvalue weighted by molar-refractivity contribution is 6.00. The fraction of sp³-hybridized carbons (Fsp3) is 0.636. The summed E-state index contributed by atoms with van der Waals surface area (Å²) in [4.78, 5) is 17.5. The smallest absolute Gasteiger partial charge is 0.255 e. The lowest BCUT2D eigenvalue weighted by Gasteiger charge is -2.31. The number of aryl methyl sites for hydroxylation is 1. The summed E-state index contributed by atoms with van der Waals surface area (Å²) >= 11 is 0. The number of carbonyl (C=O) groups excluding carboxylic acids is 1. The second-order valence-electron chi connectivity index (χ2n) is 9.06. The number of amides is 1. The lowest BCUT2D eigenvalue weighted by molar-refractivity contribution is -0.0134. The van der Waals surface area contributed by atoms with Crippen LogP contribution in [0, 0.1) is 12.3 Å². The second-order valence-corrected chi connectivity index (χ2v) is 9.06. The minimum Gasteiger partial charge on any atom is -0.378 e. The van der Waals surface area contributed by atoms with Gasteiger partial charge in [0.1, 0.15) is 5.65 Å².